The molecule has 4 aromatic rings. The Morgan fingerprint density at radius 3 is 0.395 bits per heavy atom. The van der Waals surface area contributed by atoms with Crippen LogP contribution >= 0.6 is 0 Å². The van der Waals surface area contributed by atoms with Crippen LogP contribution in [0.2, 0.25) is 0 Å². The van der Waals surface area contributed by atoms with E-state index in [9.17, 15) is 0 Å². The monoisotopic (exact) mass is 521 g/mol. The van der Waals surface area contributed by atoms with E-state index in [1.54, 1.807) is 0 Å². The molecule has 38 heavy (non-hydrogen) atoms. The van der Waals surface area contributed by atoms with Gasteiger partial charge in [0.05, 0.1) is 0 Å². The molecule has 0 spiro atoms. The van der Waals surface area contributed by atoms with Gasteiger partial charge in [0.15, 0.2) is 0 Å². The van der Waals surface area contributed by atoms with Crippen molar-refractivity contribution in [3.8, 4) is 0 Å². The lowest BCUT2D eigenvalue weighted by molar-refractivity contribution is 1.48. The molecule has 0 heteroatoms. The molecule has 0 N–H and O–H groups in total. The van der Waals surface area contributed by atoms with Crippen molar-refractivity contribution in [1.29, 1.82) is 0 Å². The maximum absolute atomic E-state index is 2.08. The first-order valence-electron chi connectivity index (χ1n) is 14.8. The van der Waals surface area contributed by atoms with Gasteiger partial charge < -0.3 is 0 Å². The van der Waals surface area contributed by atoms with Crippen LogP contribution in [0.1, 0.15) is 94.2 Å². The quantitative estimate of drug-likeness (QED) is 0.216. The zero-order chi connectivity index (χ0) is 30.7. The molecule has 0 unspecified atom stereocenters. The molecule has 0 aliphatic rings. The smallest absolute Gasteiger partial charge is 0.0398 e. The lowest BCUT2D eigenvalue weighted by Crippen LogP contribution is -1.62. The highest BCUT2D eigenvalue weighted by Gasteiger charge is 1.72. The number of hydrogen-bond donors (Lipinski definition) is 0. The van der Waals surface area contributed by atoms with E-state index < -0.39 is 0 Å². The first-order chi connectivity index (χ1) is 18.8. The summed E-state index contributed by atoms with van der Waals surface area (Å²) < 4.78 is 0. The number of aryl methyl sites for hydroxylation is 2. The van der Waals surface area contributed by atoms with Crippen molar-refractivity contribution in [1.82, 2.24) is 0 Å². The fourth-order valence-electron chi connectivity index (χ4n) is 1.84. The minimum absolute atomic E-state index is 1.32. The van der Waals surface area contributed by atoms with E-state index in [2.05, 4.69) is 38.1 Å². The maximum atomic E-state index is 2.08. The maximum Gasteiger partial charge on any atom is -0.0398 e. The Labute approximate surface area is 241 Å². The van der Waals surface area contributed by atoms with Crippen LogP contribution in [0.5, 0.6) is 0 Å². The van der Waals surface area contributed by atoms with Crippen molar-refractivity contribution >= 4 is 0 Å². The van der Waals surface area contributed by atoms with Crippen LogP contribution in [0.3, 0.4) is 0 Å². The van der Waals surface area contributed by atoms with Gasteiger partial charge in [-0.1, -0.05) is 228 Å². The van der Waals surface area contributed by atoms with Gasteiger partial charge in [-0.25, -0.2) is 0 Å². The van der Waals surface area contributed by atoms with Crippen LogP contribution in [-0.2, 0) is 0 Å². The molecular formula is C38H64. The summed E-state index contributed by atoms with van der Waals surface area (Å²) in [6.45, 7) is 28.2. The molecule has 4 aromatic carbocycles. The second kappa shape index (κ2) is 59.2. The van der Waals surface area contributed by atoms with Crippen LogP contribution in [-0.4, -0.2) is 0 Å². The molecule has 0 heterocycles. The van der Waals surface area contributed by atoms with E-state index in [-0.39, 0.29) is 0 Å². The van der Waals surface area contributed by atoms with Gasteiger partial charge >= 0.3 is 0 Å². The lowest BCUT2D eigenvalue weighted by atomic mass is 10.2. The topological polar surface area (TPSA) is 0 Å². The Kier molecular flexibility index (Phi) is 74.7. The molecule has 0 nitrogen and oxygen atoms in total. The van der Waals surface area contributed by atoms with Crippen LogP contribution in [0.4, 0.5) is 0 Å². The third kappa shape index (κ3) is 54.0. The number of rotatable bonds is 0. The summed E-state index contributed by atoms with van der Waals surface area (Å²) >= 11 is 0. The normalized spacial score (nSPS) is 6.68. The van der Waals surface area contributed by atoms with Gasteiger partial charge in [-0.2, -0.15) is 0 Å². The molecule has 0 aliphatic heterocycles. The summed E-state index contributed by atoms with van der Waals surface area (Å²) in [4.78, 5) is 0. The van der Waals surface area contributed by atoms with E-state index in [0.29, 0.717) is 0 Å². The van der Waals surface area contributed by atoms with Gasteiger partial charge in [0.2, 0.25) is 0 Å². The van der Waals surface area contributed by atoms with Crippen LogP contribution in [0, 0.1) is 13.8 Å². The molecule has 0 amide bonds. The largest absolute Gasteiger partial charge is 0.0683 e. The summed E-state index contributed by atoms with van der Waals surface area (Å²) in [6.07, 6.45) is 0. The van der Waals surface area contributed by atoms with Crippen molar-refractivity contribution in [3.63, 3.8) is 0 Å². The first kappa shape index (κ1) is 48.0. The molecule has 0 saturated heterocycles. The third-order valence-electron chi connectivity index (χ3n) is 3.21. The number of benzene rings is 4. The Bertz CT molecular complexity index is 610. The van der Waals surface area contributed by atoms with Crippen molar-refractivity contribution in [2.75, 3.05) is 0 Å². The fourth-order valence-corrected chi connectivity index (χ4v) is 1.84. The standard InChI is InChI=1S/2C7H8.2C6H6.6C2H6/c2*1-7-5-3-2-4-6-7;2*1-2-4-6-5-3-1;6*1-2/h2*2-6H,1H3;2*1-6H;6*1-2H3. The van der Waals surface area contributed by atoms with Crippen molar-refractivity contribution in [3.05, 3.63) is 145 Å². The summed E-state index contributed by atoms with van der Waals surface area (Å²) in [5.74, 6) is 0. The Morgan fingerprint density at radius 2 is 0.316 bits per heavy atom. The van der Waals surface area contributed by atoms with Gasteiger partial charge in [-0.3, -0.25) is 0 Å². The van der Waals surface area contributed by atoms with Crippen molar-refractivity contribution in [2.45, 2.75) is 96.9 Å². The van der Waals surface area contributed by atoms with E-state index in [1.165, 1.54) is 11.1 Å². The predicted octanol–water partition coefficient (Wildman–Crippen LogP) is 13.5. The molecule has 0 radical (unpaired) electrons. The second-order valence-corrected chi connectivity index (χ2v) is 5.62. The molecule has 0 aromatic heterocycles. The molecule has 216 valence electrons. The summed E-state index contributed by atoms with van der Waals surface area (Å²) in [7, 11) is 0. The lowest BCUT2D eigenvalue weighted by Gasteiger charge is -1.82. The third-order valence-corrected chi connectivity index (χ3v) is 3.21. The Balaban J connectivity index is -0.0000000795. The van der Waals surface area contributed by atoms with Crippen LogP contribution < -0.4 is 0 Å². The van der Waals surface area contributed by atoms with Gasteiger partial charge in [0.25, 0.3) is 0 Å². The average molecular weight is 521 g/mol. The first-order valence-corrected chi connectivity index (χ1v) is 14.8. The Hall–Kier alpha value is -3.12. The van der Waals surface area contributed by atoms with Gasteiger partial charge in [-0.05, 0) is 13.8 Å². The Morgan fingerprint density at radius 1 is 0.211 bits per heavy atom. The molecule has 0 aliphatic carbocycles. The molecule has 0 bridgehead atoms. The highest BCUT2D eigenvalue weighted by Crippen LogP contribution is 1.92. The second-order valence-electron chi connectivity index (χ2n) is 5.62. The summed E-state index contributed by atoms with van der Waals surface area (Å²) in [5, 5.41) is 0. The van der Waals surface area contributed by atoms with Crippen LogP contribution in [0.15, 0.2) is 133 Å². The molecule has 0 saturated carbocycles. The zero-order valence-electron chi connectivity index (χ0n) is 27.7. The van der Waals surface area contributed by atoms with E-state index in [4.69, 9.17) is 0 Å². The van der Waals surface area contributed by atoms with Gasteiger partial charge in [0.1, 0.15) is 0 Å². The molecular weight excluding hydrogens is 456 g/mol. The van der Waals surface area contributed by atoms with Crippen molar-refractivity contribution < 1.29 is 0 Å². The highest BCUT2D eigenvalue weighted by molar-refractivity contribution is 5.12. The van der Waals surface area contributed by atoms with E-state index in [0.717, 1.165) is 0 Å². The zero-order valence-corrected chi connectivity index (χ0v) is 27.7. The minimum Gasteiger partial charge on any atom is -0.0683 e. The molecule has 0 fully saturated rings. The van der Waals surface area contributed by atoms with Gasteiger partial charge in [-0.15, -0.1) is 0 Å². The van der Waals surface area contributed by atoms with E-state index >= 15 is 0 Å². The van der Waals surface area contributed by atoms with E-state index in [1.807, 2.05) is 192 Å². The fraction of sp³-hybridized carbons (Fsp3) is 0.368. The number of hydrogen-bond acceptors (Lipinski definition) is 0. The highest BCUT2D eigenvalue weighted by atomic mass is 13.8. The van der Waals surface area contributed by atoms with Gasteiger partial charge in [0, 0.05) is 0 Å². The molecule has 0 atom stereocenters. The SMILES string of the molecule is CC.CC.CC.CC.CC.CC.Cc1ccccc1.Cc1ccccc1.c1ccccc1.c1ccccc1. The van der Waals surface area contributed by atoms with Crippen molar-refractivity contribution in [2.24, 2.45) is 0 Å². The average Bonchev–Trinajstić information content (AvgIpc) is 3.06. The summed E-state index contributed by atoms with van der Waals surface area (Å²) in [5.41, 5.74) is 2.64. The predicted molar refractivity (Wildman–Crippen MR) is 183 cm³/mol. The minimum atomic E-state index is 1.32. The molecule has 4 rings (SSSR count). The summed E-state index contributed by atoms with van der Waals surface area (Å²) in [6, 6.07) is 44.5. The van der Waals surface area contributed by atoms with Crippen LogP contribution in [0.25, 0.3) is 0 Å².